The highest BCUT2D eigenvalue weighted by Crippen LogP contribution is 2.81. The van der Waals surface area contributed by atoms with Gasteiger partial charge in [-0.15, -0.1) is 0 Å². The lowest BCUT2D eigenvalue weighted by atomic mass is 9.67. The van der Waals surface area contributed by atoms with Gasteiger partial charge in [-0.25, -0.2) is 0 Å². The van der Waals surface area contributed by atoms with Crippen molar-refractivity contribution in [3.05, 3.63) is 0 Å². The van der Waals surface area contributed by atoms with Crippen LogP contribution >= 0.6 is 0 Å². The standard InChI is InChI=1S/C13H19NO4/c1-8-2-12-4-9(12)5-13(12,3-8)14(6-10(15)16)7-11(17)18/h8-9H,2-7H2,1H3,(H,15,16)(H,17,18). The molecule has 0 aliphatic heterocycles. The van der Waals surface area contributed by atoms with E-state index in [0.717, 1.165) is 25.2 Å². The van der Waals surface area contributed by atoms with E-state index in [9.17, 15) is 9.59 Å². The van der Waals surface area contributed by atoms with Gasteiger partial charge in [0, 0.05) is 5.54 Å². The Kier molecular flexibility index (Phi) is 2.31. The van der Waals surface area contributed by atoms with Gasteiger partial charge in [0.2, 0.25) is 0 Å². The maximum Gasteiger partial charge on any atom is 0.317 e. The molecule has 5 heteroatoms. The lowest BCUT2D eigenvalue weighted by molar-refractivity contribution is -0.149. The zero-order valence-corrected chi connectivity index (χ0v) is 10.6. The topological polar surface area (TPSA) is 77.8 Å². The number of rotatable bonds is 5. The van der Waals surface area contributed by atoms with Crippen LogP contribution in [0.25, 0.3) is 0 Å². The highest BCUT2D eigenvalue weighted by atomic mass is 16.4. The number of carboxylic acid groups (broad SMARTS) is 2. The fourth-order valence-electron chi connectivity index (χ4n) is 4.95. The third kappa shape index (κ3) is 1.37. The second-order valence-corrected chi connectivity index (χ2v) is 6.45. The van der Waals surface area contributed by atoms with E-state index in [2.05, 4.69) is 6.92 Å². The Morgan fingerprint density at radius 2 is 1.72 bits per heavy atom. The van der Waals surface area contributed by atoms with Crippen LogP contribution in [0.5, 0.6) is 0 Å². The molecule has 4 atom stereocenters. The normalized spacial score (nSPS) is 44.1. The molecular formula is C13H19NO4. The van der Waals surface area contributed by atoms with Crippen molar-refractivity contribution in [1.82, 2.24) is 4.90 Å². The lowest BCUT2D eigenvalue weighted by Gasteiger charge is -2.52. The molecular weight excluding hydrogens is 234 g/mol. The van der Waals surface area contributed by atoms with Crippen LogP contribution in [0.15, 0.2) is 0 Å². The smallest absolute Gasteiger partial charge is 0.317 e. The zero-order chi connectivity index (χ0) is 13.1. The highest BCUT2D eigenvalue weighted by molar-refractivity contribution is 5.73. The van der Waals surface area contributed by atoms with Crippen molar-refractivity contribution < 1.29 is 19.8 Å². The molecule has 4 unspecified atom stereocenters. The highest BCUT2D eigenvalue weighted by Gasteiger charge is 2.80. The summed E-state index contributed by atoms with van der Waals surface area (Å²) in [6.07, 6.45) is 4.28. The van der Waals surface area contributed by atoms with Crippen LogP contribution in [0, 0.1) is 17.3 Å². The quantitative estimate of drug-likeness (QED) is 0.765. The second kappa shape index (κ2) is 3.47. The maximum absolute atomic E-state index is 11.0. The monoisotopic (exact) mass is 253 g/mol. The van der Waals surface area contributed by atoms with Gasteiger partial charge in [-0.1, -0.05) is 6.92 Å². The molecule has 0 amide bonds. The van der Waals surface area contributed by atoms with Crippen molar-refractivity contribution in [3.8, 4) is 0 Å². The summed E-state index contributed by atoms with van der Waals surface area (Å²) < 4.78 is 0. The van der Waals surface area contributed by atoms with E-state index in [1.54, 1.807) is 4.90 Å². The van der Waals surface area contributed by atoms with Gasteiger partial charge >= 0.3 is 11.9 Å². The summed E-state index contributed by atoms with van der Waals surface area (Å²) in [5, 5.41) is 18.0. The predicted octanol–water partition coefficient (Wildman–Crippen LogP) is 1.04. The SMILES string of the molecule is CC1CC23CC2CC3(N(CC(=O)O)CC(=O)O)C1. The van der Waals surface area contributed by atoms with Crippen molar-refractivity contribution in [1.29, 1.82) is 0 Å². The maximum atomic E-state index is 11.0. The number of nitrogens with zero attached hydrogens (tertiary/aromatic N) is 1. The number of hydrogen-bond donors (Lipinski definition) is 2. The minimum atomic E-state index is -0.926. The summed E-state index contributed by atoms with van der Waals surface area (Å²) in [5.41, 5.74) is 0.130. The summed E-state index contributed by atoms with van der Waals surface area (Å²) in [6.45, 7) is 1.91. The van der Waals surface area contributed by atoms with Crippen molar-refractivity contribution in [2.75, 3.05) is 13.1 Å². The van der Waals surface area contributed by atoms with Gasteiger partial charge in [-0.3, -0.25) is 14.5 Å². The number of carbonyl (C=O) groups is 2. The predicted molar refractivity (Wildman–Crippen MR) is 63.1 cm³/mol. The van der Waals surface area contributed by atoms with Gasteiger partial charge in [-0.05, 0) is 42.9 Å². The van der Waals surface area contributed by atoms with Crippen molar-refractivity contribution in [2.45, 2.75) is 38.1 Å². The van der Waals surface area contributed by atoms with Crippen LogP contribution in [0.1, 0.15) is 32.6 Å². The molecule has 3 fully saturated rings. The van der Waals surface area contributed by atoms with Crippen LogP contribution in [0.2, 0.25) is 0 Å². The van der Waals surface area contributed by atoms with Crippen LogP contribution in [-0.2, 0) is 9.59 Å². The minimum Gasteiger partial charge on any atom is -0.480 e. The fourth-order valence-corrected chi connectivity index (χ4v) is 4.95. The van der Waals surface area contributed by atoms with Crippen molar-refractivity contribution in [3.63, 3.8) is 0 Å². The van der Waals surface area contributed by atoms with E-state index in [4.69, 9.17) is 10.2 Å². The molecule has 5 nitrogen and oxygen atoms in total. The zero-order valence-electron chi connectivity index (χ0n) is 10.6. The molecule has 100 valence electrons. The Hall–Kier alpha value is -1.10. The summed E-state index contributed by atoms with van der Waals surface area (Å²) >= 11 is 0. The molecule has 0 radical (unpaired) electrons. The molecule has 18 heavy (non-hydrogen) atoms. The third-order valence-electron chi connectivity index (χ3n) is 5.40. The summed E-state index contributed by atoms with van der Waals surface area (Å²) in [6, 6.07) is 0. The molecule has 1 spiro atoms. The first-order valence-electron chi connectivity index (χ1n) is 6.58. The third-order valence-corrected chi connectivity index (χ3v) is 5.40. The average Bonchev–Trinajstić information content (AvgIpc) is 2.69. The molecule has 0 aromatic heterocycles. The summed E-state index contributed by atoms with van der Waals surface area (Å²) in [7, 11) is 0. The van der Waals surface area contributed by atoms with Crippen LogP contribution < -0.4 is 0 Å². The first kappa shape index (κ1) is 12.0. The largest absolute Gasteiger partial charge is 0.480 e. The van der Waals surface area contributed by atoms with E-state index in [1.165, 1.54) is 6.42 Å². The molecule has 3 aliphatic rings. The Bertz CT molecular complexity index is 407. The van der Waals surface area contributed by atoms with E-state index >= 15 is 0 Å². The van der Waals surface area contributed by atoms with Gasteiger partial charge in [0.25, 0.3) is 0 Å². The first-order valence-corrected chi connectivity index (χ1v) is 6.58. The number of carboxylic acids is 2. The van der Waals surface area contributed by atoms with E-state index in [1.807, 2.05) is 0 Å². The number of aliphatic carboxylic acids is 2. The molecule has 3 saturated carbocycles. The summed E-state index contributed by atoms with van der Waals surface area (Å²) in [5.74, 6) is -0.538. The Morgan fingerprint density at radius 1 is 1.11 bits per heavy atom. The van der Waals surface area contributed by atoms with Gasteiger partial charge in [0.15, 0.2) is 0 Å². The molecule has 0 aromatic rings. The minimum absolute atomic E-state index is 0.131. The molecule has 3 rings (SSSR count). The van der Waals surface area contributed by atoms with Gasteiger partial charge in [0.05, 0.1) is 13.1 Å². The lowest BCUT2D eigenvalue weighted by Crippen LogP contribution is -2.61. The van der Waals surface area contributed by atoms with Crippen LogP contribution in [-0.4, -0.2) is 45.7 Å². The average molecular weight is 253 g/mol. The fraction of sp³-hybridized carbons (Fsp3) is 0.846. The molecule has 2 N–H and O–H groups in total. The first-order chi connectivity index (χ1) is 8.39. The van der Waals surface area contributed by atoms with Gasteiger partial charge in [-0.2, -0.15) is 0 Å². The van der Waals surface area contributed by atoms with E-state index in [0.29, 0.717) is 5.92 Å². The summed E-state index contributed by atoms with van der Waals surface area (Å²) in [4.78, 5) is 23.7. The van der Waals surface area contributed by atoms with Gasteiger partial charge in [0.1, 0.15) is 0 Å². The Labute approximate surface area is 106 Å². The molecule has 3 aliphatic carbocycles. The second-order valence-electron chi connectivity index (χ2n) is 6.45. The van der Waals surface area contributed by atoms with Crippen LogP contribution in [0.3, 0.4) is 0 Å². The number of hydrogen-bond acceptors (Lipinski definition) is 3. The van der Waals surface area contributed by atoms with E-state index in [-0.39, 0.29) is 24.0 Å². The van der Waals surface area contributed by atoms with E-state index < -0.39 is 11.9 Å². The molecule has 0 saturated heterocycles. The van der Waals surface area contributed by atoms with Crippen molar-refractivity contribution >= 4 is 11.9 Å². The molecule has 0 bridgehead atoms. The van der Waals surface area contributed by atoms with Crippen molar-refractivity contribution in [2.24, 2.45) is 17.3 Å². The molecule has 0 heterocycles. The molecule has 0 aromatic carbocycles. The van der Waals surface area contributed by atoms with Crippen LogP contribution in [0.4, 0.5) is 0 Å². The Morgan fingerprint density at radius 3 is 2.17 bits per heavy atom. The van der Waals surface area contributed by atoms with Gasteiger partial charge < -0.3 is 10.2 Å². The Balaban J connectivity index is 1.85.